The second kappa shape index (κ2) is 7.61. The topological polar surface area (TPSA) is 73.1 Å². The van der Waals surface area contributed by atoms with E-state index in [0.717, 1.165) is 12.1 Å². The second-order valence-electron chi connectivity index (χ2n) is 7.79. The van der Waals surface area contributed by atoms with E-state index < -0.39 is 42.2 Å². The number of hydrogen-bond acceptors (Lipinski definition) is 5. The molecule has 4 atom stereocenters. The summed E-state index contributed by atoms with van der Waals surface area (Å²) in [7, 11) is 0. The number of ether oxygens (including phenoxy) is 1. The van der Waals surface area contributed by atoms with Crippen molar-refractivity contribution in [2.45, 2.75) is 44.1 Å². The number of nitrogens with zero attached hydrogens (tertiary/aromatic N) is 5. The highest BCUT2D eigenvalue weighted by Gasteiger charge is 2.53. The fraction of sp³-hybridized carbons (Fsp3) is 0.364. The van der Waals surface area contributed by atoms with Crippen LogP contribution in [0.5, 0.6) is 5.88 Å². The summed E-state index contributed by atoms with van der Waals surface area (Å²) in [5, 5.41) is 8.21. The summed E-state index contributed by atoms with van der Waals surface area (Å²) in [6.07, 6.45) is -3.41. The Morgan fingerprint density at radius 3 is 2.59 bits per heavy atom. The number of carbonyl (C=O) groups is 1. The van der Waals surface area contributed by atoms with Gasteiger partial charge in [0.2, 0.25) is 5.88 Å². The van der Waals surface area contributed by atoms with E-state index in [-0.39, 0.29) is 11.8 Å². The Balaban J connectivity index is 1.44. The minimum Gasteiger partial charge on any atom is -0.472 e. The van der Waals surface area contributed by atoms with Crippen LogP contribution < -0.4 is 4.74 Å². The van der Waals surface area contributed by atoms with E-state index in [1.54, 1.807) is 36.1 Å². The standard InChI is InChI=1S/C22H20F3N5O2/c1-13-14-10-18(19(11-14)32-20-7-6-15(12-26-20)22(23,24)25)29(13)21(31)16-4-2-3-5-17(16)30-27-8-9-28-30/h2-9,12-14,18-19H,10-11H2,1H3/i11D2. The molecule has 0 radical (unpaired) electrons. The van der Waals surface area contributed by atoms with E-state index in [2.05, 4.69) is 15.2 Å². The predicted molar refractivity (Wildman–Crippen MR) is 107 cm³/mol. The van der Waals surface area contributed by atoms with Crippen LogP contribution in [0.4, 0.5) is 13.2 Å². The van der Waals surface area contributed by atoms with Crippen LogP contribution in [-0.4, -0.2) is 49.0 Å². The zero-order chi connectivity index (χ0) is 24.3. The Labute approximate surface area is 184 Å². The monoisotopic (exact) mass is 445 g/mol. The maximum atomic E-state index is 13.7. The number of amides is 1. The summed E-state index contributed by atoms with van der Waals surface area (Å²) in [6.45, 7) is 1.79. The summed E-state index contributed by atoms with van der Waals surface area (Å²) in [5.74, 6) is -0.955. The lowest BCUT2D eigenvalue weighted by atomic mass is 9.98. The van der Waals surface area contributed by atoms with Crippen LogP contribution in [0.3, 0.4) is 0 Å². The van der Waals surface area contributed by atoms with Crippen LogP contribution in [0, 0.1) is 5.92 Å². The quantitative estimate of drug-likeness (QED) is 0.612. The van der Waals surface area contributed by atoms with E-state index in [9.17, 15) is 18.0 Å². The fourth-order valence-electron chi connectivity index (χ4n) is 4.37. The summed E-state index contributed by atoms with van der Waals surface area (Å²) in [6, 6.07) is 7.72. The smallest absolute Gasteiger partial charge is 0.417 e. The molecular formula is C22H20F3N5O2. The second-order valence-corrected chi connectivity index (χ2v) is 7.79. The molecule has 2 aliphatic rings. The maximum Gasteiger partial charge on any atom is 0.417 e. The van der Waals surface area contributed by atoms with Crippen LogP contribution in [0.25, 0.3) is 5.69 Å². The van der Waals surface area contributed by atoms with Gasteiger partial charge >= 0.3 is 6.18 Å². The van der Waals surface area contributed by atoms with Crippen molar-refractivity contribution in [1.29, 1.82) is 0 Å². The van der Waals surface area contributed by atoms with Gasteiger partial charge in [0.15, 0.2) is 0 Å². The summed E-state index contributed by atoms with van der Waals surface area (Å²) >= 11 is 0. The van der Waals surface area contributed by atoms with Crippen LogP contribution in [0.15, 0.2) is 55.0 Å². The summed E-state index contributed by atoms with van der Waals surface area (Å²) in [5.41, 5.74) is -0.0903. The molecule has 0 spiro atoms. The number of halogens is 3. The molecule has 1 aliphatic heterocycles. The lowest BCUT2D eigenvalue weighted by molar-refractivity contribution is -0.137. The lowest BCUT2D eigenvalue weighted by Gasteiger charge is -2.38. The molecule has 2 aromatic heterocycles. The molecule has 5 rings (SSSR count). The third-order valence-electron chi connectivity index (χ3n) is 5.92. The number of benzene rings is 1. The third kappa shape index (κ3) is 3.49. The molecule has 3 heterocycles. The van der Waals surface area contributed by atoms with Crippen molar-refractivity contribution < 1.29 is 25.4 Å². The van der Waals surface area contributed by atoms with Gasteiger partial charge in [0.05, 0.1) is 35.2 Å². The number of alkyl halides is 3. The largest absolute Gasteiger partial charge is 0.472 e. The van der Waals surface area contributed by atoms with Crippen molar-refractivity contribution >= 4 is 5.91 Å². The molecule has 10 heteroatoms. The van der Waals surface area contributed by atoms with E-state index in [0.29, 0.717) is 23.9 Å². The predicted octanol–water partition coefficient (Wildman–Crippen LogP) is 3.75. The number of pyridine rings is 1. The minimum absolute atomic E-state index is 0.129. The van der Waals surface area contributed by atoms with Gasteiger partial charge in [-0.3, -0.25) is 4.79 Å². The number of carbonyl (C=O) groups excluding carboxylic acids is 1. The van der Waals surface area contributed by atoms with Crippen LogP contribution in [0.2, 0.25) is 0 Å². The molecule has 1 aliphatic carbocycles. The van der Waals surface area contributed by atoms with E-state index in [1.807, 2.05) is 0 Å². The molecule has 166 valence electrons. The number of likely N-dealkylation sites (tertiary alicyclic amines) is 1. The molecule has 1 aromatic carbocycles. The fourth-order valence-corrected chi connectivity index (χ4v) is 4.37. The SMILES string of the molecule is [2H]C1([2H])C2CC(C1Oc1ccc(C(F)(F)F)cn1)N(C(=O)c1ccccc1-n1nccn1)C2C. The number of hydrogen-bond donors (Lipinski definition) is 0. The molecule has 7 nitrogen and oxygen atoms in total. The minimum atomic E-state index is -4.54. The molecule has 3 aromatic rings. The van der Waals surface area contributed by atoms with Gasteiger partial charge in [0, 0.05) is 21.0 Å². The molecule has 2 bridgehead atoms. The Morgan fingerprint density at radius 2 is 1.94 bits per heavy atom. The zero-order valence-corrected chi connectivity index (χ0v) is 16.9. The van der Waals surface area contributed by atoms with E-state index in [4.69, 9.17) is 7.48 Å². The van der Waals surface area contributed by atoms with Gasteiger partial charge in [-0.15, -0.1) is 0 Å². The first-order valence-corrected chi connectivity index (χ1v) is 10.1. The van der Waals surface area contributed by atoms with Gasteiger partial charge in [-0.2, -0.15) is 28.2 Å². The molecule has 0 N–H and O–H groups in total. The van der Waals surface area contributed by atoms with Crippen molar-refractivity contribution in [3.8, 4) is 11.6 Å². The Hall–Kier alpha value is -3.43. The van der Waals surface area contributed by atoms with Crippen molar-refractivity contribution in [2.24, 2.45) is 5.92 Å². The number of rotatable bonds is 4. The Morgan fingerprint density at radius 1 is 1.19 bits per heavy atom. The first-order valence-electron chi connectivity index (χ1n) is 11.1. The van der Waals surface area contributed by atoms with Crippen molar-refractivity contribution in [3.63, 3.8) is 0 Å². The molecular weight excluding hydrogens is 423 g/mol. The van der Waals surface area contributed by atoms with Crippen molar-refractivity contribution in [3.05, 3.63) is 66.1 Å². The van der Waals surface area contributed by atoms with Crippen molar-refractivity contribution in [2.75, 3.05) is 0 Å². The summed E-state index contributed by atoms with van der Waals surface area (Å²) in [4.78, 5) is 20.3. The van der Waals surface area contributed by atoms with Gasteiger partial charge in [-0.05, 0) is 43.8 Å². The van der Waals surface area contributed by atoms with Crippen LogP contribution in [-0.2, 0) is 6.18 Å². The van der Waals surface area contributed by atoms with Crippen LogP contribution >= 0.6 is 0 Å². The molecule has 1 saturated heterocycles. The number of piperidine rings is 1. The first-order chi connectivity index (χ1) is 16.1. The summed E-state index contributed by atoms with van der Waals surface area (Å²) < 4.78 is 61.6. The van der Waals surface area contributed by atoms with Gasteiger partial charge in [0.1, 0.15) is 6.10 Å². The van der Waals surface area contributed by atoms with E-state index >= 15 is 0 Å². The van der Waals surface area contributed by atoms with E-state index in [1.165, 1.54) is 17.2 Å². The Kier molecular flexibility index (Phi) is 4.32. The van der Waals surface area contributed by atoms with Crippen LogP contribution in [0.1, 0.15) is 38.4 Å². The average Bonchev–Trinajstić information content (AvgIpc) is 3.50. The molecule has 1 amide bonds. The number of aromatic nitrogens is 4. The normalized spacial score (nSPS) is 27.2. The van der Waals surface area contributed by atoms with Gasteiger partial charge < -0.3 is 9.64 Å². The van der Waals surface area contributed by atoms with Crippen molar-refractivity contribution in [1.82, 2.24) is 24.9 Å². The molecule has 2 fully saturated rings. The number of fused-ring (bicyclic) bond motifs is 2. The van der Waals surface area contributed by atoms with Gasteiger partial charge in [-0.25, -0.2) is 4.98 Å². The third-order valence-corrected chi connectivity index (χ3v) is 5.92. The molecule has 32 heavy (non-hydrogen) atoms. The molecule has 4 unspecified atom stereocenters. The van der Waals surface area contributed by atoms with Gasteiger partial charge in [0.25, 0.3) is 5.91 Å². The average molecular weight is 445 g/mol. The van der Waals surface area contributed by atoms with Gasteiger partial charge in [-0.1, -0.05) is 12.1 Å². The number of para-hydroxylation sites is 1. The Bertz CT molecular complexity index is 1200. The highest BCUT2D eigenvalue weighted by molar-refractivity contribution is 5.98. The zero-order valence-electron chi connectivity index (χ0n) is 18.9. The maximum absolute atomic E-state index is 13.7. The first kappa shape index (κ1) is 18.2. The highest BCUT2D eigenvalue weighted by Crippen LogP contribution is 2.44. The lowest BCUT2D eigenvalue weighted by Crippen LogP contribution is -2.51. The molecule has 1 saturated carbocycles. The highest BCUT2D eigenvalue weighted by atomic mass is 19.4.